The lowest BCUT2D eigenvalue weighted by Gasteiger charge is -2.17. The monoisotopic (exact) mass is 227 g/mol. The lowest BCUT2D eigenvalue weighted by atomic mass is 10.2. The van der Waals surface area contributed by atoms with Crippen LogP contribution in [0.1, 0.15) is 5.56 Å². The summed E-state index contributed by atoms with van der Waals surface area (Å²) in [5.74, 6) is 0.918. The number of ether oxygens (including phenoxy) is 1. The Labute approximate surface area is 102 Å². The molecular formula is C15H17NO. The Hall–Kier alpha value is -1.96. The molecule has 0 saturated carbocycles. The molecule has 0 aliphatic heterocycles. The molecule has 2 aromatic rings. The van der Waals surface area contributed by atoms with E-state index in [4.69, 9.17) is 4.74 Å². The average Bonchev–Trinajstić information content (AvgIpc) is 2.38. The van der Waals surface area contributed by atoms with E-state index in [0.29, 0.717) is 6.61 Å². The van der Waals surface area contributed by atoms with Crippen molar-refractivity contribution < 1.29 is 4.74 Å². The summed E-state index contributed by atoms with van der Waals surface area (Å²) >= 11 is 0. The van der Waals surface area contributed by atoms with E-state index in [1.807, 2.05) is 50.5 Å². The van der Waals surface area contributed by atoms with Gasteiger partial charge in [-0.1, -0.05) is 42.5 Å². The summed E-state index contributed by atoms with van der Waals surface area (Å²) in [5.41, 5.74) is 2.28. The summed E-state index contributed by atoms with van der Waals surface area (Å²) in [7, 11) is 4.04. The lowest BCUT2D eigenvalue weighted by Crippen LogP contribution is -2.10. The minimum Gasteiger partial charge on any atom is -0.487 e. The Balaban J connectivity index is 2.09. The van der Waals surface area contributed by atoms with Crippen LogP contribution in [0.2, 0.25) is 0 Å². The molecule has 0 aliphatic rings. The number of nitrogens with zero attached hydrogens (tertiary/aromatic N) is 1. The third-order valence-corrected chi connectivity index (χ3v) is 2.58. The molecule has 0 amide bonds. The fraction of sp³-hybridized carbons (Fsp3) is 0.200. The Morgan fingerprint density at radius 1 is 0.882 bits per heavy atom. The first-order valence-corrected chi connectivity index (χ1v) is 5.70. The van der Waals surface area contributed by atoms with Gasteiger partial charge in [-0.25, -0.2) is 0 Å². The van der Waals surface area contributed by atoms with Gasteiger partial charge in [-0.3, -0.25) is 0 Å². The predicted octanol–water partition coefficient (Wildman–Crippen LogP) is 3.33. The SMILES string of the molecule is CN(C)c1ccccc1OCc1ccccc1. The van der Waals surface area contributed by atoms with E-state index in [0.717, 1.165) is 11.4 Å². The molecule has 0 radical (unpaired) electrons. The topological polar surface area (TPSA) is 12.5 Å². The van der Waals surface area contributed by atoms with Crippen molar-refractivity contribution in [2.45, 2.75) is 6.61 Å². The van der Waals surface area contributed by atoms with Crippen LogP contribution in [0.15, 0.2) is 54.6 Å². The standard InChI is InChI=1S/C15H17NO/c1-16(2)14-10-6-7-11-15(14)17-12-13-8-4-3-5-9-13/h3-11H,12H2,1-2H3. The lowest BCUT2D eigenvalue weighted by molar-refractivity contribution is 0.307. The summed E-state index contributed by atoms with van der Waals surface area (Å²) in [4.78, 5) is 2.06. The Bertz CT molecular complexity index is 465. The van der Waals surface area contributed by atoms with E-state index in [1.165, 1.54) is 5.56 Å². The number of hydrogen-bond acceptors (Lipinski definition) is 2. The van der Waals surface area contributed by atoms with Crippen molar-refractivity contribution in [1.82, 2.24) is 0 Å². The van der Waals surface area contributed by atoms with Gasteiger partial charge >= 0.3 is 0 Å². The summed E-state index contributed by atoms with van der Waals surface area (Å²) in [5, 5.41) is 0. The van der Waals surface area contributed by atoms with E-state index in [1.54, 1.807) is 0 Å². The molecule has 2 heteroatoms. The molecule has 0 spiro atoms. The minimum absolute atomic E-state index is 0.603. The Morgan fingerprint density at radius 3 is 2.24 bits per heavy atom. The van der Waals surface area contributed by atoms with Gasteiger partial charge in [-0.05, 0) is 17.7 Å². The van der Waals surface area contributed by atoms with Crippen molar-refractivity contribution in [3.8, 4) is 5.75 Å². The normalized spacial score (nSPS) is 10.0. The van der Waals surface area contributed by atoms with E-state index in [2.05, 4.69) is 23.1 Å². The van der Waals surface area contributed by atoms with E-state index < -0.39 is 0 Å². The van der Waals surface area contributed by atoms with Crippen LogP contribution in [-0.2, 0) is 6.61 Å². The van der Waals surface area contributed by atoms with Crippen LogP contribution in [0.3, 0.4) is 0 Å². The van der Waals surface area contributed by atoms with Crippen LogP contribution in [0.25, 0.3) is 0 Å². The van der Waals surface area contributed by atoms with Gasteiger partial charge in [0, 0.05) is 14.1 Å². The number of anilines is 1. The molecule has 0 atom stereocenters. The van der Waals surface area contributed by atoms with Crippen LogP contribution in [0.4, 0.5) is 5.69 Å². The maximum Gasteiger partial charge on any atom is 0.143 e. The summed E-state index contributed by atoms with van der Waals surface area (Å²) in [6, 6.07) is 18.3. The molecule has 2 aromatic carbocycles. The second-order valence-corrected chi connectivity index (χ2v) is 4.14. The molecule has 2 nitrogen and oxygen atoms in total. The first-order chi connectivity index (χ1) is 8.27. The van der Waals surface area contributed by atoms with Crippen LogP contribution in [-0.4, -0.2) is 14.1 Å². The van der Waals surface area contributed by atoms with Gasteiger partial charge in [0.1, 0.15) is 12.4 Å². The smallest absolute Gasteiger partial charge is 0.143 e. The third kappa shape index (κ3) is 3.00. The molecule has 0 aromatic heterocycles. The summed E-state index contributed by atoms with van der Waals surface area (Å²) in [6.07, 6.45) is 0. The van der Waals surface area contributed by atoms with Crippen molar-refractivity contribution >= 4 is 5.69 Å². The Morgan fingerprint density at radius 2 is 1.53 bits per heavy atom. The van der Waals surface area contributed by atoms with E-state index in [-0.39, 0.29) is 0 Å². The minimum atomic E-state index is 0.603. The second kappa shape index (κ2) is 5.39. The van der Waals surface area contributed by atoms with Gasteiger partial charge in [0.25, 0.3) is 0 Å². The molecule has 0 heterocycles. The number of hydrogen-bond donors (Lipinski definition) is 0. The fourth-order valence-corrected chi connectivity index (χ4v) is 1.68. The zero-order valence-electron chi connectivity index (χ0n) is 10.3. The van der Waals surface area contributed by atoms with Crippen LogP contribution < -0.4 is 9.64 Å². The number of rotatable bonds is 4. The largest absolute Gasteiger partial charge is 0.487 e. The molecular weight excluding hydrogens is 210 g/mol. The van der Waals surface area contributed by atoms with Gasteiger partial charge in [0.05, 0.1) is 5.69 Å². The van der Waals surface area contributed by atoms with Crippen molar-refractivity contribution in [1.29, 1.82) is 0 Å². The highest BCUT2D eigenvalue weighted by molar-refractivity contribution is 5.57. The molecule has 0 aliphatic carbocycles. The quantitative estimate of drug-likeness (QED) is 0.794. The van der Waals surface area contributed by atoms with Gasteiger partial charge in [0.15, 0.2) is 0 Å². The summed E-state index contributed by atoms with van der Waals surface area (Å²) in [6.45, 7) is 0.603. The van der Waals surface area contributed by atoms with Crippen LogP contribution >= 0.6 is 0 Å². The van der Waals surface area contributed by atoms with Crippen molar-refractivity contribution in [2.24, 2.45) is 0 Å². The van der Waals surface area contributed by atoms with Crippen LogP contribution in [0.5, 0.6) is 5.75 Å². The maximum atomic E-state index is 5.84. The molecule has 88 valence electrons. The molecule has 0 N–H and O–H groups in total. The predicted molar refractivity (Wildman–Crippen MR) is 71.5 cm³/mol. The highest BCUT2D eigenvalue weighted by atomic mass is 16.5. The van der Waals surface area contributed by atoms with E-state index >= 15 is 0 Å². The first-order valence-electron chi connectivity index (χ1n) is 5.70. The van der Waals surface area contributed by atoms with Crippen molar-refractivity contribution in [3.63, 3.8) is 0 Å². The average molecular weight is 227 g/mol. The van der Waals surface area contributed by atoms with Crippen molar-refractivity contribution in [2.75, 3.05) is 19.0 Å². The first kappa shape index (κ1) is 11.5. The zero-order chi connectivity index (χ0) is 12.1. The maximum absolute atomic E-state index is 5.84. The van der Waals surface area contributed by atoms with E-state index in [9.17, 15) is 0 Å². The third-order valence-electron chi connectivity index (χ3n) is 2.58. The highest BCUT2D eigenvalue weighted by Gasteiger charge is 2.04. The van der Waals surface area contributed by atoms with Crippen LogP contribution in [0, 0.1) is 0 Å². The molecule has 0 saturated heterocycles. The number of benzene rings is 2. The fourth-order valence-electron chi connectivity index (χ4n) is 1.68. The van der Waals surface area contributed by atoms with Gasteiger partial charge in [0.2, 0.25) is 0 Å². The molecule has 0 fully saturated rings. The molecule has 2 rings (SSSR count). The summed E-state index contributed by atoms with van der Waals surface area (Å²) < 4.78 is 5.84. The zero-order valence-corrected chi connectivity index (χ0v) is 10.3. The molecule has 0 unspecified atom stereocenters. The van der Waals surface area contributed by atoms with Gasteiger partial charge < -0.3 is 9.64 Å². The van der Waals surface area contributed by atoms with Gasteiger partial charge in [-0.2, -0.15) is 0 Å². The Kier molecular flexibility index (Phi) is 3.66. The van der Waals surface area contributed by atoms with Crippen molar-refractivity contribution in [3.05, 3.63) is 60.2 Å². The second-order valence-electron chi connectivity index (χ2n) is 4.14. The molecule has 17 heavy (non-hydrogen) atoms. The van der Waals surface area contributed by atoms with Gasteiger partial charge in [-0.15, -0.1) is 0 Å². The highest BCUT2D eigenvalue weighted by Crippen LogP contribution is 2.26. The number of para-hydroxylation sites is 2. The molecule has 0 bridgehead atoms.